The molecule has 1 saturated heterocycles. The van der Waals surface area contributed by atoms with E-state index in [2.05, 4.69) is 26.1 Å². The second-order valence-electron chi connectivity index (χ2n) is 6.66. The first-order chi connectivity index (χ1) is 11.2. The van der Waals surface area contributed by atoms with Gasteiger partial charge in [0.1, 0.15) is 10.4 Å². The fraction of sp³-hybridized carbons (Fsp3) is 0.688. The van der Waals surface area contributed by atoms with Crippen LogP contribution in [-0.2, 0) is 11.3 Å². The summed E-state index contributed by atoms with van der Waals surface area (Å²) in [5.74, 6) is 1.80. The van der Waals surface area contributed by atoms with Crippen molar-refractivity contribution in [2.24, 2.45) is 5.92 Å². The van der Waals surface area contributed by atoms with Crippen LogP contribution in [0.25, 0.3) is 5.65 Å². The summed E-state index contributed by atoms with van der Waals surface area (Å²) in [5.41, 5.74) is 0.393. The van der Waals surface area contributed by atoms with Gasteiger partial charge in [-0.1, -0.05) is 12.8 Å². The largest absolute Gasteiger partial charge is 0.381 e. The van der Waals surface area contributed by atoms with Crippen molar-refractivity contribution in [3.63, 3.8) is 0 Å². The number of ether oxygens (including phenoxy) is 1. The maximum Gasteiger partial charge on any atom is 0.297 e. The topological polar surface area (TPSA) is 61.4 Å². The standard InChI is InChI=1S/C16H21BrN4O2/c17-13-10-21-14(12-5-7-23-8-6-12)18-19-15(21)16(22)20(13)9-11-3-1-2-4-11/h10-12H,1-9H2. The fourth-order valence-corrected chi connectivity index (χ4v) is 4.34. The Morgan fingerprint density at radius 1 is 1.17 bits per heavy atom. The predicted octanol–water partition coefficient (Wildman–Crippen LogP) is 2.74. The molecule has 0 amide bonds. The van der Waals surface area contributed by atoms with Gasteiger partial charge in [-0.15, -0.1) is 10.2 Å². The SMILES string of the molecule is O=c1c2nnc(C3CCOCC3)n2cc(Br)n1CC1CCCC1. The van der Waals surface area contributed by atoms with E-state index in [0.29, 0.717) is 17.5 Å². The third-order valence-corrected chi connectivity index (χ3v) is 5.79. The van der Waals surface area contributed by atoms with Crippen molar-refractivity contribution in [1.29, 1.82) is 0 Å². The van der Waals surface area contributed by atoms with Gasteiger partial charge in [-0.2, -0.15) is 0 Å². The molecule has 4 rings (SSSR count). The summed E-state index contributed by atoms with van der Waals surface area (Å²) in [5, 5.41) is 8.50. The predicted molar refractivity (Wildman–Crippen MR) is 89.7 cm³/mol. The third-order valence-electron chi connectivity index (χ3n) is 5.15. The number of fused-ring (bicyclic) bond motifs is 1. The zero-order valence-electron chi connectivity index (χ0n) is 13.1. The van der Waals surface area contributed by atoms with Crippen LogP contribution >= 0.6 is 15.9 Å². The average Bonchev–Trinajstić information content (AvgIpc) is 3.22. The summed E-state index contributed by atoms with van der Waals surface area (Å²) in [6.45, 7) is 2.27. The third kappa shape index (κ3) is 2.85. The van der Waals surface area contributed by atoms with Crippen molar-refractivity contribution in [1.82, 2.24) is 19.2 Å². The van der Waals surface area contributed by atoms with Gasteiger partial charge in [0.2, 0.25) is 5.65 Å². The van der Waals surface area contributed by atoms with Crippen molar-refractivity contribution < 1.29 is 4.74 Å². The molecular weight excluding hydrogens is 360 g/mol. The monoisotopic (exact) mass is 380 g/mol. The van der Waals surface area contributed by atoms with Crippen LogP contribution in [0.2, 0.25) is 0 Å². The van der Waals surface area contributed by atoms with E-state index in [0.717, 1.165) is 43.0 Å². The molecular formula is C16H21BrN4O2. The lowest BCUT2D eigenvalue weighted by atomic mass is 10.00. The summed E-state index contributed by atoms with van der Waals surface area (Å²) in [6.07, 6.45) is 8.80. The molecule has 0 N–H and O–H groups in total. The first kappa shape index (κ1) is 15.3. The Hall–Kier alpha value is -1.21. The van der Waals surface area contributed by atoms with Gasteiger partial charge in [0.25, 0.3) is 5.56 Å². The maximum atomic E-state index is 12.8. The molecule has 3 heterocycles. The van der Waals surface area contributed by atoms with Crippen LogP contribution < -0.4 is 5.56 Å². The van der Waals surface area contributed by atoms with E-state index in [1.807, 2.05) is 15.2 Å². The van der Waals surface area contributed by atoms with Crippen LogP contribution in [0.15, 0.2) is 15.6 Å². The first-order valence-electron chi connectivity index (χ1n) is 8.46. The van der Waals surface area contributed by atoms with Crippen LogP contribution in [-0.4, -0.2) is 32.4 Å². The Kier molecular flexibility index (Phi) is 4.24. The van der Waals surface area contributed by atoms with Crippen molar-refractivity contribution in [2.75, 3.05) is 13.2 Å². The number of hydrogen-bond donors (Lipinski definition) is 0. The lowest BCUT2D eigenvalue weighted by Crippen LogP contribution is -2.26. The molecule has 1 aliphatic heterocycles. The molecule has 2 fully saturated rings. The lowest BCUT2D eigenvalue weighted by Gasteiger charge is -2.20. The molecule has 2 aliphatic rings. The Balaban J connectivity index is 1.72. The van der Waals surface area contributed by atoms with Crippen LogP contribution in [0, 0.1) is 5.92 Å². The zero-order chi connectivity index (χ0) is 15.8. The van der Waals surface area contributed by atoms with Crippen LogP contribution in [0.5, 0.6) is 0 Å². The molecule has 0 atom stereocenters. The summed E-state index contributed by atoms with van der Waals surface area (Å²) in [4.78, 5) is 12.8. The first-order valence-corrected chi connectivity index (χ1v) is 9.25. The molecule has 2 aromatic rings. The van der Waals surface area contributed by atoms with Crippen molar-refractivity contribution in [3.05, 3.63) is 27.0 Å². The highest BCUT2D eigenvalue weighted by molar-refractivity contribution is 9.10. The Labute approximate surface area is 143 Å². The molecule has 1 aliphatic carbocycles. The van der Waals surface area contributed by atoms with E-state index in [1.54, 1.807) is 0 Å². The van der Waals surface area contributed by atoms with Crippen molar-refractivity contribution in [3.8, 4) is 0 Å². The number of hydrogen-bond acceptors (Lipinski definition) is 4. The van der Waals surface area contributed by atoms with E-state index in [9.17, 15) is 4.79 Å². The highest BCUT2D eigenvalue weighted by Crippen LogP contribution is 2.28. The van der Waals surface area contributed by atoms with E-state index in [1.165, 1.54) is 25.7 Å². The normalized spacial score (nSPS) is 20.6. The van der Waals surface area contributed by atoms with E-state index >= 15 is 0 Å². The van der Waals surface area contributed by atoms with Gasteiger partial charge in [-0.05, 0) is 47.5 Å². The van der Waals surface area contributed by atoms with Gasteiger partial charge in [0.15, 0.2) is 0 Å². The zero-order valence-corrected chi connectivity index (χ0v) is 14.7. The molecule has 2 aromatic heterocycles. The molecule has 0 unspecified atom stereocenters. The molecule has 0 aromatic carbocycles. The minimum atomic E-state index is -0.0444. The number of halogens is 1. The van der Waals surface area contributed by atoms with Crippen molar-refractivity contribution >= 4 is 21.6 Å². The quantitative estimate of drug-likeness (QED) is 0.820. The highest BCUT2D eigenvalue weighted by atomic mass is 79.9. The smallest absolute Gasteiger partial charge is 0.297 e. The Morgan fingerprint density at radius 2 is 1.91 bits per heavy atom. The van der Waals surface area contributed by atoms with Crippen molar-refractivity contribution in [2.45, 2.75) is 51.0 Å². The molecule has 0 bridgehead atoms. The molecule has 0 spiro atoms. The van der Waals surface area contributed by atoms with Crippen LogP contribution in [0.4, 0.5) is 0 Å². The fourth-order valence-electron chi connectivity index (χ4n) is 3.83. The Morgan fingerprint density at radius 3 is 2.65 bits per heavy atom. The lowest BCUT2D eigenvalue weighted by molar-refractivity contribution is 0.0834. The van der Waals surface area contributed by atoms with Gasteiger partial charge in [-0.3, -0.25) is 13.8 Å². The summed E-state index contributed by atoms with van der Waals surface area (Å²) in [7, 11) is 0. The second kappa shape index (κ2) is 6.36. The minimum Gasteiger partial charge on any atom is -0.381 e. The van der Waals surface area contributed by atoms with Gasteiger partial charge in [-0.25, -0.2) is 0 Å². The van der Waals surface area contributed by atoms with Gasteiger partial charge < -0.3 is 4.74 Å². The summed E-state index contributed by atoms with van der Waals surface area (Å²) >= 11 is 3.58. The molecule has 124 valence electrons. The van der Waals surface area contributed by atoms with E-state index < -0.39 is 0 Å². The van der Waals surface area contributed by atoms with Gasteiger partial charge >= 0.3 is 0 Å². The average molecular weight is 381 g/mol. The maximum absolute atomic E-state index is 12.8. The number of aromatic nitrogens is 4. The van der Waals surface area contributed by atoms with E-state index in [-0.39, 0.29) is 5.56 Å². The molecule has 1 saturated carbocycles. The minimum absolute atomic E-state index is 0.0444. The van der Waals surface area contributed by atoms with Crippen LogP contribution in [0.3, 0.4) is 0 Å². The molecule has 23 heavy (non-hydrogen) atoms. The van der Waals surface area contributed by atoms with E-state index in [4.69, 9.17) is 4.74 Å². The number of rotatable bonds is 3. The highest BCUT2D eigenvalue weighted by Gasteiger charge is 2.24. The molecule has 7 heteroatoms. The summed E-state index contributed by atoms with van der Waals surface area (Å²) < 4.78 is 9.91. The van der Waals surface area contributed by atoms with Crippen LogP contribution in [0.1, 0.15) is 50.3 Å². The molecule has 6 nitrogen and oxygen atoms in total. The molecule has 0 radical (unpaired) electrons. The number of nitrogens with zero attached hydrogens (tertiary/aromatic N) is 4. The summed E-state index contributed by atoms with van der Waals surface area (Å²) in [6, 6.07) is 0. The Bertz CT molecular complexity index is 757. The van der Waals surface area contributed by atoms with Gasteiger partial charge in [0, 0.05) is 31.9 Å². The van der Waals surface area contributed by atoms with Gasteiger partial charge in [0.05, 0.1) is 0 Å². The second-order valence-corrected chi connectivity index (χ2v) is 7.47.